The molecular weight excluding hydrogens is 340 g/mol. The molecule has 1 rings (SSSR count). The third kappa shape index (κ3) is 10.3. The lowest BCUT2D eigenvalue weighted by Gasteiger charge is -2.22. The van der Waals surface area contributed by atoms with Crippen molar-refractivity contribution in [1.82, 2.24) is 0 Å². The van der Waals surface area contributed by atoms with Crippen molar-refractivity contribution in [2.24, 2.45) is 11.3 Å². The molecular formula is C23H34O2S. The summed E-state index contributed by atoms with van der Waals surface area (Å²) in [6.07, 6.45) is 7.67. The van der Waals surface area contributed by atoms with Crippen LogP contribution in [-0.2, 0) is 4.79 Å². The summed E-state index contributed by atoms with van der Waals surface area (Å²) in [6, 6.07) is 7.88. The number of para-hydroxylation sites is 1. The molecule has 1 aromatic rings. The number of carbonyl (C=O) groups excluding carboxylic acids is 1. The van der Waals surface area contributed by atoms with Crippen LogP contribution in [-0.4, -0.2) is 18.0 Å². The molecule has 3 heteroatoms. The summed E-state index contributed by atoms with van der Waals surface area (Å²) < 4.78 is 5.72. The Balaban J connectivity index is 0.000000758. The number of benzene rings is 1. The molecule has 0 aliphatic heterocycles. The van der Waals surface area contributed by atoms with Crippen LogP contribution in [0.15, 0.2) is 55.1 Å². The molecule has 0 aliphatic carbocycles. The van der Waals surface area contributed by atoms with Crippen LogP contribution in [0.5, 0.6) is 5.75 Å². The highest BCUT2D eigenvalue weighted by molar-refractivity contribution is 8.11. The van der Waals surface area contributed by atoms with Crippen molar-refractivity contribution in [3.05, 3.63) is 60.7 Å². The fourth-order valence-corrected chi connectivity index (χ4v) is 1.87. The van der Waals surface area contributed by atoms with Gasteiger partial charge in [0.05, 0.1) is 6.61 Å². The molecule has 0 bridgehead atoms. The molecule has 0 aromatic heterocycles. The molecule has 1 aromatic carbocycles. The van der Waals surface area contributed by atoms with Gasteiger partial charge in [-0.1, -0.05) is 95.5 Å². The van der Waals surface area contributed by atoms with Gasteiger partial charge in [-0.15, -0.1) is 0 Å². The van der Waals surface area contributed by atoms with Crippen LogP contribution in [0.4, 0.5) is 0 Å². The average Bonchev–Trinajstić information content (AvgIpc) is 2.60. The molecule has 0 heterocycles. The molecule has 0 saturated heterocycles. The van der Waals surface area contributed by atoms with E-state index in [-0.39, 0.29) is 0 Å². The first-order valence-corrected chi connectivity index (χ1v) is 10.1. The number of allylic oxidation sites excluding steroid dienone is 5. The fraction of sp³-hybridized carbons (Fsp3) is 0.435. The Labute approximate surface area is 164 Å². The maximum Gasteiger partial charge on any atom is 0.176 e. The molecule has 0 fully saturated rings. The summed E-state index contributed by atoms with van der Waals surface area (Å²) in [7, 11) is 0. The minimum atomic E-state index is 0.500. The van der Waals surface area contributed by atoms with Crippen molar-refractivity contribution in [2.75, 3.05) is 12.4 Å². The third-order valence-corrected chi connectivity index (χ3v) is 4.72. The standard InChI is InChI=1S/C16H18O2S.C7H16/c1-3-5-8-14(4-2)15-9-6-7-10-16(15)18-11-12-19-13-17;1-6(2)7(3,4)5/h3-10,13H,1,11-12H2,2H3;6H,1-5H3/b8-5-,14-4+;. The van der Waals surface area contributed by atoms with Crippen molar-refractivity contribution < 1.29 is 9.53 Å². The zero-order valence-corrected chi connectivity index (χ0v) is 17.9. The van der Waals surface area contributed by atoms with Gasteiger partial charge in [0.15, 0.2) is 5.62 Å². The molecule has 0 unspecified atom stereocenters. The smallest absolute Gasteiger partial charge is 0.176 e. The number of hydrogen-bond acceptors (Lipinski definition) is 3. The summed E-state index contributed by atoms with van der Waals surface area (Å²) in [4.78, 5) is 10.2. The van der Waals surface area contributed by atoms with Crippen molar-refractivity contribution in [3.63, 3.8) is 0 Å². The van der Waals surface area contributed by atoms with Gasteiger partial charge in [0.1, 0.15) is 5.75 Å². The lowest BCUT2D eigenvalue weighted by molar-refractivity contribution is 0.283. The zero-order chi connectivity index (χ0) is 20.0. The maximum atomic E-state index is 10.2. The summed E-state index contributed by atoms with van der Waals surface area (Å²) in [5.74, 6) is 2.29. The predicted molar refractivity (Wildman–Crippen MR) is 118 cm³/mol. The molecule has 0 N–H and O–H groups in total. The van der Waals surface area contributed by atoms with E-state index in [0.29, 0.717) is 17.8 Å². The van der Waals surface area contributed by atoms with Gasteiger partial charge >= 0.3 is 0 Å². The van der Waals surface area contributed by atoms with Crippen molar-refractivity contribution in [2.45, 2.75) is 41.5 Å². The Morgan fingerprint density at radius 1 is 1.27 bits per heavy atom. The Hall–Kier alpha value is -1.74. The second-order valence-electron chi connectivity index (χ2n) is 7.17. The lowest BCUT2D eigenvalue weighted by atomic mass is 9.84. The number of ether oxygens (including phenoxy) is 1. The highest BCUT2D eigenvalue weighted by atomic mass is 32.2. The van der Waals surface area contributed by atoms with E-state index in [1.165, 1.54) is 11.8 Å². The molecule has 0 atom stereocenters. The van der Waals surface area contributed by atoms with E-state index in [9.17, 15) is 4.79 Å². The van der Waals surface area contributed by atoms with Gasteiger partial charge in [-0.05, 0) is 29.9 Å². The van der Waals surface area contributed by atoms with E-state index in [1.807, 2.05) is 49.4 Å². The number of rotatable bonds is 8. The Morgan fingerprint density at radius 3 is 2.38 bits per heavy atom. The first-order valence-electron chi connectivity index (χ1n) is 9.00. The van der Waals surface area contributed by atoms with Gasteiger partial charge in [-0.2, -0.15) is 0 Å². The molecule has 0 amide bonds. The van der Waals surface area contributed by atoms with Crippen molar-refractivity contribution >= 4 is 23.0 Å². The largest absolute Gasteiger partial charge is 0.492 e. The van der Waals surface area contributed by atoms with E-state index in [1.54, 1.807) is 6.08 Å². The summed E-state index contributed by atoms with van der Waals surface area (Å²) in [6.45, 7) is 17.5. The van der Waals surface area contributed by atoms with Gasteiger partial charge in [0.25, 0.3) is 0 Å². The lowest BCUT2D eigenvalue weighted by Crippen LogP contribution is -2.12. The maximum absolute atomic E-state index is 10.2. The number of hydrogen-bond donors (Lipinski definition) is 0. The fourth-order valence-electron chi connectivity index (χ4n) is 1.59. The zero-order valence-electron chi connectivity index (χ0n) is 17.1. The molecule has 0 aliphatic rings. The number of thioether (sulfide) groups is 1. The van der Waals surface area contributed by atoms with Crippen LogP contribution in [0.1, 0.15) is 47.1 Å². The monoisotopic (exact) mass is 374 g/mol. The highest BCUT2D eigenvalue weighted by Gasteiger charge is 2.13. The Morgan fingerprint density at radius 2 is 1.88 bits per heavy atom. The van der Waals surface area contributed by atoms with Crippen LogP contribution in [0.25, 0.3) is 5.57 Å². The molecule has 0 saturated carbocycles. The normalized spacial score (nSPS) is 11.9. The summed E-state index contributed by atoms with van der Waals surface area (Å²) in [5.41, 5.74) is 3.46. The average molecular weight is 375 g/mol. The molecule has 144 valence electrons. The first kappa shape index (κ1) is 24.3. The second-order valence-corrected chi connectivity index (χ2v) is 8.11. The molecule has 0 spiro atoms. The highest BCUT2D eigenvalue weighted by Crippen LogP contribution is 2.27. The minimum absolute atomic E-state index is 0.500. The molecule has 26 heavy (non-hydrogen) atoms. The predicted octanol–water partition coefficient (Wildman–Crippen LogP) is 6.82. The third-order valence-electron chi connectivity index (χ3n) is 4.18. The first-order chi connectivity index (χ1) is 12.3. The van der Waals surface area contributed by atoms with E-state index >= 15 is 0 Å². The van der Waals surface area contributed by atoms with Crippen LogP contribution in [0.3, 0.4) is 0 Å². The van der Waals surface area contributed by atoms with Crippen LogP contribution in [0, 0.1) is 11.3 Å². The van der Waals surface area contributed by atoms with Crippen molar-refractivity contribution in [1.29, 1.82) is 0 Å². The Bertz CT molecular complexity index is 592. The van der Waals surface area contributed by atoms with Crippen molar-refractivity contribution in [3.8, 4) is 5.75 Å². The molecule has 0 radical (unpaired) electrons. The SMILES string of the molecule is C=C/C=C\C(=C/C)c1ccccc1OCCSC=O.CC(C)C(C)(C)C. The van der Waals surface area contributed by atoms with E-state index in [0.717, 1.165) is 28.4 Å². The molecule has 2 nitrogen and oxygen atoms in total. The van der Waals surface area contributed by atoms with Gasteiger partial charge in [-0.25, -0.2) is 0 Å². The van der Waals surface area contributed by atoms with Crippen LogP contribution < -0.4 is 4.74 Å². The number of carbonyl (C=O) groups is 1. The van der Waals surface area contributed by atoms with Gasteiger partial charge < -0.3 is 4.74 Å². The minimum Gasteiger partial charge on any atom is -0.492 e. The van der Waals surface area contributed by atoms with E-state index < -0.39 is 0 Å². The van der Waals surface area contributed by atoms with Gasteiger partial charge in [0, 0.05) is 11.3 Å². The quantitative estimate of drug-likeness (QED) is 0.283. The van der Waals surface area contributed by atoms with E-state index in [2.05, 4.69) is 41.2 Å². The van der Waals surface area contributed by atoms with E-state index in [4.69, 9.17) is 4.74 Å². The van der Waals surface area contributed by atoms with Crippen LogP contribution in [0.2, 0.25) is 0 Å². The van der Waals surface area contributed by atoms with Crippen LogP contribution >= 0.6 is 11.8 Å². The summed E-state index contributed by atoms with van der Waals surface area (Å²) >= 11 is 1.21. The second kappa shape index (κ2) is 13.5. The summed E-state index contributed by atoms with van der Waals surface area (Å²) in [5, 5.41) is 0. The Kier molecular flexibility index (Phi) is 12.6. The van der Waals surface area contributed by atoms with Gasteiger partial charge in [0.2, 0.25) is 0 Å². The van der Waals surface area contributed by atoms with Gasteiger partial charge in [-0.3, -0.25) is 4.79 Å². The topological polar surface area (TPSA) is 26.3 Å².